The Morgan fingerprint density at radius 1 is 1.12 bits per heavy atom. The third-order valence-electron chi connectivity index (χ3n) is 4.09. The zero-order valence-electron chi connectivity index (χ0n) is 14.7. The summed E-state index contributed by atoms with van der Waals surface area (Å²) in [7, 11) is 3.10. The van der Waals surface area contributed by atoms with E-state index < -0.39 is 0 Å². The van der Waals surface area contributed by atoms with Crippen molar-refractivity contribution >= 4 is 34.4 Å². The number of nitrogens with zero attached hydrogens (tertiary/aromatic N) is 1. The molecule has 2 aromatic carbocycles. The SMILES string of the molecule is COc1cc(C)c(C(=O)/C=C/c2cc3ccccc3nc2Cl)c(OC)c1. The number of pyridine rings is 1. The molecule has 1 heterocycles. The van der Waals surface area contributed by atoms with Crippen molar-refractivity contribution in [2.24, 2.45) is 0 Å². The lowest BCUT2D eigenvalue weighted by Gasteiger charge is -2.11. The van der Waals surface area contributed by atoms with Gasteiger partial charge in [-0.1, -0.05) is 29.8 Å². The number of allylic oxidation sites excluding steroid dienone is 1. The molecule has 0 aliphatic heterocycles. The minimum Gasteiger partial charge on any atom is -0.497 e. The van der Waals surface area contributed by atoms with Gasteiger partial charge in [0, 0.05) is 17.0 Å². The van der Waals surface area contributed by atoms with Crippen LogP contribution in [0.5, 0.6) is 11.5 Å². The van der Waals surface area contributed by atoms with Gasteiger partial charge in [-0.25, -0.2) is 4.98 Å². The lowest BCUT2D eigenvalue weighted by atomic mass is 10.0. The molecule has 0 unspecified atom stereocenters. The Hall–Kier alpha value is -2.85. The van der Waals surface area contributed by atoms with Crippen LogP contribution in [-0.4, -0.2) is 25.0 Å². The molecular weight excluding hydrogens is 350 g/mol. The van der Waals surface area contributed by atoms with Crippen LogP contribution in [0.15, 0.2) is 48.5 Å². The van der Waals surface area contributed by atoms with Gasteiger partial charge in [0.15, 0.2) is 5.78 Å². The molecule has 26 heavy (non-hydrogen) atoms. The number of methoxy groups -OCH3 is 2. The number of halogens is 1. The van der Waals surface area contributed by atoms with Crippen molar-refractivity contribution in [3.05, 3.63) is 70.4 Å². The van der Waals surface area contributed by atoms with Crippen LogP contribution in [0.25, 0.3) is 17.0 Å². The van der Waals surface area contributed by atoms with E-state index in [0.29, 0.717) is 27.8 Å². The molecule has 0 fully saturated rings. The van der Waals surface area contributed by atoms with Crippen LogP contribution < -0.4 is 9.47 Å². The van der Waals surface area contributed by atoms with E-state index in [0.717, 1.165) is 16.5 Å². The van der Waals surface area contributed by atoms with Crippen LogP contribution in [0.1, 0.15) is 21.5 Å². The minimum atomic E-state index is -0.175. The number of carbonyl (C=O) groups excluding carboxylic acids is 1. The number of aromatic nitrogens is 1. The van der Waals surface area contributed by atoms with Crippen molar-refractivity contribution in [1.82, 2.24) is 4.98 Å². The lowest BCUT2D eigenvalue weighted by Crippen LogP contribution is -2.03. The van der Waals surface area contributed by atoms with Crippen LogP contribution in [-0.2, 0) is 0 Å². The Kier molecular flexibility index (Phi) is 5.24. The van der Waals surface area contributed by atoms with Gasteiger partial charge in [0.25, 0.3) is 0 Å². The highest BCUT2D eigenvalue weighted by atomic mass is 35.5. The number of benzene rings is 2. The number of ketones is 1. The third-order valence-corrected chi connectivity index (χ3v) is 4.40. The van der Waals surface area contributed by atoms with Crippen molar-refractivity contribution in [2.45, 2.75) is 6.92 Å². The van der Waals surface area contributed by atoms with Crippen molar-refractivity contribution in [1.29, 1.82) is 0 Å². The number of carbonyl (C=O) groups is 1. The lowest BCUT2D eigenvalue weighted by molar-refractivity contribution is 0.104. The number of ether oxygens (including phenoxy) is 2. The van der Waals surface area contributed by atoms with Crippen LogP contribution >= 0.6 is 11.6 Å². The highest BCUT2D eigenvalue weighted by Gasteiger charge is 2.15. The molecule has 0 spiro atoms. The van der Waals surface area contributed by atoms with Crippen LogP contribution in [0.4, 0.5) is 0 Å². The van der Waals surface area contributed by atoms with Crippen LogP contribution in [0, 0.1) is 6.92 Å². The first-order chi connectivity index (χ1) is 12.5. The summed E-state index contributed by atoms with van der Waals surface area (Å²) in [6, 6.07) is 13.1. The second kappa shape index (κ2) is 7.58. The molecule has 3 rings (SSSR count). The Labute approximate surface area is 157 Å². The van der Waals surface area contributed by atoms with E-state index >= 15 is 0 Å². The molecule has 1 aromatic heterocycles. The molecule has 3 aromatic rings. The van der Waals surface area contributed by atoms with Gasteiger partial charge in [0.2, 0.25) is 0 Å². The summed E-state index contributed by atoms with van der Waals surface area (Å²) in [4.78, 5) is 17.1. The fraction of sp³-hybridized carbons (Fsp3) is 0.143. The Balaban J connectivity index is 1.97. The molecule has 0 saturated heterocycles. The predicted octanol–water partition coefficient (Wildman–Crippen LogP) is 5.11. The molecule has 132 valence electrons. The van der Waals surface area contributed by atoms with Crippen molar-refractivity contribution in [2.75, 3.05) is 14.2 Å². The molecule has 4 nitrogen and oxygen atoms in total. The first-order valence-corrected chi connectivity index (χ1v) is 8.41. The standard InChI is InChI=1S/C21H18ClNO3/c1-13-10-16(25-2)12-19(26-3)20(13)18(24)9-8-15-11-14-6-4-5-7-17(14)23-21(15)22/h4-12H,1-3H3/b9-8+. The molecule has 0 radical (unpaired) electrons. The van der Waals surface area contributed by atoms with E-state index in [2.05, 4.69) is 4.98 Å². The highest BCUT2D eigenvalue weighted by molar-refractivity contribution is 6.31. The van der Waals surface area contributed by atoms with E-state index in [-0.39, 0.29) is 5.78 Å². The quantitative estimate of drug-likeness (QED) is 0.357. The molecule has 0 N–H and O–H groups in total. The molecular formula is C21H18ClNO3. The average molecular weight is 368 g/mol. The summed E-state index contributed by atoms with van der Waals surface area (Å²) in [5, 5.41) is 1.31. The summed E-state index contributed by atoms with van der Waals surface area (Å²) < 4.78 is 10.6. The molecule has 5 heteroatoms. The number of hydrogen-bond acceptors (Lipinski definition) is 4. The maximum Gasteiger partial charge on any atom is 0.189 e. The minimum absolute atomic E-state index is 0.175. The summed E-state index contributed by atoms with van der Waals surface area (Å²) >= 11 is 6.25. The molecule has 0 bridgehead atoms. The Morgan fingerprint density at radius 3 is 2.62 bits per heavy atom. The fourth-order valence-corrected chi connectivity index (χ4v) is 3.00. The monoisotopic (exact) mass is 367 g/mol. The summed E-state index contributed by atoms with van der Waals surface area (Å²) in [6.07, 6.45) is 3.15. The van der Waals surface area contributed by atoms with E-state index in [4.69, 9.17) is 21.1 Å². The smallest absolute Gasteiger partial charge is 0.189 e. The predicted molar refractivity (Wildman–Crippen MR) is 104 cm³/mol. The summed E-state index contributed by atoms with van der Waals surface area (Å²) in [6.45, 7) is 1.84. The first-order valence-electron chi connectivity index (χ1n) is 8.04. The van der Waals surface area contributed by atoms with E-state index in [9.17, 15) is 4.79 Å². The number of aryl methyl sites for hydroxylation is 1. The Bertz CT molecular complexity index is 1010. The molecule has 0 aliphatic rings. The topological polar surface area (TPSA) is 48.4 Å². The zero-order chi connectivity index (χ0) is 18.7. The second-order valence-corrected chi connectivity index (χ2v) is 6.14. The second-order valence-electron chi connectivity index (χ2n) is 5.78. The summed E-state index contributed by atoms with van der Waals surface area (Å²) in [5.41, 5.74) is 2.77. The maximum absolute atomic E-state index is 12.7. The van der Waals surface area contributed by atoms with E-state index in [1.807, 2.05) is 37.3 Å². The zero-order valence-corrected chi connectivity index (χ0v) is 15.5. The van der Waals surface area contributed by atoms with Gasteiger partial charge >= 0.3 is 0 Å². The maximum atomic E-state index is 12.7. The van der Waals surface area contributed by atoms with Gasteiger partial charge in [-0.2, -0.15) is 0 Å². The first kappa shape index (κ1) is 18.0. The number of hydrogen-bond donors (Lipinski definition) is 0. The Morgan fingerprint density at radius 2 is 1.88 bits per heavy atom. The number of para-hydroxylation sites is 1. The van der Waals surface area contributed by atoms with E-state index in [1.54, 1.807) is 25.3 Å². The van der Waals surface area contributed by atoms with Gasteiger partial charge in [-0.15, -0.1) is 0 Å². The molecule has 0 saturated carbocycles. The van der Waals surface area contributed by atoms with E-state index in [1.165, 1.54) is 13.2 Å². The third kappa shape index (κ3) is 3.55. The molecule has 0 aliphatic carbocycles. The average Bonchev–Trinajstić information content (AvgIpc) is 2.65. The largest absolute Gasteiger partial charge is 0.497 e. The van der Waals surface area contributed by atoms with Crippen molar-refractivity contribution in [3.8, 4) is 11.5 Å². The van der Waals surface area contributed by atoms with Crippen LogP contribution in [0.3, 0.4) is 0 Å². The van der Waals surface area contributed by atoms with Gasteiger partial charge in [-0.05, 0) is 42.8 Å². The van der Waals surface area contributed by atoms with Gasteiger partial charge in [0.1, 0.15) is 16.7 Å². The number of fused-ring (bicyclic) bond motifs is 1. The molecule has 0 atom stereocenters. The van der Waals surface area contributed by atoms with Crippen molar-refractivity contribution < 1.29 is 14.3 Å². The van der Waals surface area contributed by atoms with Gasteiger partial charge in [0.05, 0.1) is 25.3 Å². The number of rotatable bonds is 5. The van der Waals surface area contributed by atoms with Crippen molar-refractivity contribution in [3.63, 3.8) is 0 Å². The van der Waals surface area contributed by atoms with Crippen LogP contribution in [0.2, 0.25) is 5.15 Å². The molecule has 0 amide bonds. The summed E-state index contributed by atoms with van der Waals surface area (Å²) in [5.74, 6) is 0.937. The highest BCUT2D eigenvalue weighted by Crippen LogP contribution is 2.29. The van der Waals surface area contributed by atoms with Gasteiger partial charge < -0.3 is 9.47 Å². The normalized spacial score (nSPS) is 11.1. The van der Waals surface area contributed by atoms with Gasteiger partial charge in [-0.3, -0.25) is 4.79 Å². The fourth-order valence-electron chi connectivity index (χ4n) is 2.79.